The largest absolute Gasteiger partial charge is 0.281 e. The van der Waals surface area contributed by atoms with Crippen LogP contribution in [0, 0.1) is 0 Å². The third-order valence-electron chi connectivity index (χ3n) is 2.12. The summed E-state index contributed by atoms with van der Waals surface area (Å²) >= 11 is 5.88. The zero-order valence-corrected chi connectivity index (χ0v) is 8.78. The summed E-state index contributed by atoms with van der Waals surface area (Å²) in [5.41, 5.74) is 0.541. The number of hydrogen-bond acceptors (Lipinski definition) is 5. The van der Waals surface area contributed by atoms with Gasteiger partial charge in [0.25, 0.3) is 0 Å². The number of hydrogen-bond donors (Lipinski definition) is 0. The summed E-state index contributed by atoms with van der Waals surface area (Å²) in [4.78, 5) is 7.78. The standard InChI is InChI=1S/C8H6ClN7/c9-7-8-14-13-6(16(8)2-1-11-7)3-15-5-10-4-12-15/h1-2,4-5H,3H2. The summed E-state index contributed by atoms with van der Waals surface area (Å²) in [6, 6.07) is 0. The first kappa shape index (κ1) is 9.22. The van der Waals surface area contributed by atoms with Gasteiger partial charge < -0.3 is 0 Å². The second-order valence-electron chi connectivity index (χ2n) is 3.12. The quantitative estimate of drug-likeness (QED) is 0.644. The highest BCUT2D eigenvalue weighted by Crippen LogP contribution is 2.12. The smallest absolute Gasteiger partial charge is 0.198 e. The highest BCUT2D eigenvalue weighted by atomic mass is 35.5. The molecule has 0 aromatic carbocycles. The Morgan fingerprint density at radius 3 is 3.06 bits per heavy atom. The lowest BCUT2D eigenvalue weighted by Gasteiger charge is -1.99. The molecule has 3 aromatic heterocycles. The Hall–Kier alpha value is -2.02. The predicted octanol–water partition coefficient (Wildman–Crippen LogP) is 0.417. The minimum Gasteiger partial charge on any atom is -0.281 e. The Bertz CT molecular complexity index is 614. The summed E-state index contributed by atoms with van der Waals surface area (Å²) in [6.07, 6.45) is 6.44. The van der Waals surface area contributed by atoms with Gasteiger partial charge in [-0.05, 0) is 0 Å². The summed E-state index contributed by atoms with van der Waals surface area (Å²) in [6.45, 7) is 0.488. The molecule has 0 bridgehead atoms. The molecule has 0 saturated carbocycles. The van der Waals surface area contributed by atoms with Crippen LogP contribution < -0.4 is 0 Å². The molecule has 0 unspecified atom stereocenters. The summed E-state index contributed by atoms with van der Waals surface area (Å²) < 4.78 is 3.43. The molecule has 0 atom stereocenters. The van der Waals surface area contributed by atoms with E-state index in [0.717, 1.165) is 5.82 Å². The number of fused-ring (bicyclic) bond motifs is 1. The van der Waals surface area contributed by atoms with Crippen LogP contribution in [0.15, 0.2) is 25.0 Å². The lowest BCUT2D eigenvalue weighted by atomic mass is 10.5. The maximum absolute atomic E-state index is 5.88. The molecular formula is C8H6ClN7. The SMILES string of the molecule is Clc1nccn2c(Cn3cncn3)nnc12. The molecule has 0 spiro atoms. The third kappa shape index (κ3) is 1.41. The second kappa shape index (κ2) is 3.53. The third-order valence-corrected chi connectivity index (χ3v) is 2.39. The highest BCUT2D eigenvalue weighted by molar-refractivity contribution is 6.32. The maximum Gasteiger partial charge on any atom is 0.198 e. The van der Waals surface area contributed by atoms with Gasteiger partial charge >= 0.3 is 0 Å². The normalized spacial score (nSPS) is 11.1. The van der Waals surface area contributed by atoms with E-state index in [0.29, 0.717) is 17.3 Å². The van der Waals surface area contributed by atoms with Crippen LogP contribution in [0.5, 0.6) is 0 Å². The van der Waals surface area contributed by atoms with E-state index in [2.05, 4.69) is 25.3 Å². The van der Waals surface area contributed by atoms with Crippen LogP contribution in [0.2, 0.25) is 5.15 Å². The average molecular weight is 236 g/mol. The van der Waals surface area contributed by atoms with Crippen molar-refractivity contribution >= 4 is 17.2 Å². The molecule has 3 aromatic rings. The van der Waals surface area contributed by atoms with Gasteiger partial charge in [-0.1, -0.05) is 11.6 Å². The van der Waals surface area contributed by atoms with Crippen molar-refractivity contribution in [3.63, 3.8) is 0 Å². The molecule has 0 N–H and O–H groups in total. The van der Waals surface area contributed by atoms with Crippen molar-refractivity contribution in [2.24, 2.45) is 0 Å². The molecule has 16 heavy (non-hydrogen) atoms. The maximum atomic E-state index is 5.88. The molecule has 7 nitrogen and oxygen atoms in total. The summed E-state index contributed by atoms with van der Waals surface area (Å²) in [5, 5.41) is 12.3. The van der Waals surface area contributed by atoms with Crippen molar-refractivity contribution in [2.45, 2.75) is 6.54 Å². The van der Waals surface area contributed by atoms with Gasteiger partial charge in [-0.25, -0.2) is 14.6 Å². The van der Waals surface area contributed by atoms with Crippen LogP contribution in [0.25, 0.3) is 5.65 Å². The fourth-order valence-electron chi connectivity index (χ4n) is 1.41. The van der Waals surface area contributed by atoms with Crippen molar-refractivity contribution < 1.29 is 0 Å². The van der Waals surface area contributed by atoms with Gasteiger partial charge in [0.05, 0.1) is 0 Å². The van der Waals surface area contributed by atoms with E-state index in [9.17, 15) is 0 Å². The van der Waals surface area contributed by atoms with Crippen molar-refractivity contribution in [2.75, 3.05) is 0 Å². The number of aromatic nitrogens is 7. The first-order valence-corrected chi connectivity index (χ1v) is 4.89. The van der Waals surface area contributed by atoms with Crippen molar-refractivity contribution in [3.05, 3.63) is 36.0 Å². The molecule has 0 amide bonds. The Balaban J connectivity index is 2.08. The van der Waals surface area contributed by atoms with E-state index < -0.39 is 0 Å². The van der Waals surface area contributed by atoms with Crippen LogP contribution in [0.1, 0.15) is 5.82 Å². The Labute approximate surface area is 94.7 Å². The van der Waals surface area contributed by atoms with E-state index in [1.165, 1.54) is 6.33 Å². The number of halogens is 1. The topological polar surface area (TPSA) is 73.8 Å². The van der Waals surface area contributed by atoms with Gasteiger partial charge in [-0.2, -0.15) is 5.10 Å². The van der Waals surface area contributed by atoms with E-state index in [1.807, 2.05) is 0 Å². The fraction of sp³-hybridized carbons (Fsp3) is 0.125. The summed E-state index contributed by atoms with van der Waals surface area (Å²) in [5.74, 6) is 0.727. The lowest BCUT2D eigenvalue weighted by molar-refractivity contribution is 0.647. The van der Waals surface area contributed by atoms with Gasteiger partial charge in [0.15, 0.2) is 16.6 Å². The molecule has 0 radical (unpaired) electrons. The van der Waals surface area contributed by atoms with Gasteiger partial charge in [0, 0.05) is 12.4 Å². The van der Waals surface area contributed by atoms with Crippen LogP contribution in [-0.4, -0.2) is 34.3 Å². The first-order valence-electron chi connectivity index (χ1n) is 4.51. The van der Waals surface area contributed by atoms with Crippen LogP contribution in [0.3, 0.4) is 0 Å². The minimum atomic E-state index is 0.333. The Kier molecular flexibility index (Phi) is 2.03. The van der Waals surface area contributed by atoms with Crippen molar-refractivity contribution in [3.8, 4) is 0 Å². The molecular weight excluding hydrogens is 230 g/mol. The predicted molar refractivity (Wildman–Crippen MR) is 54.9 cm³/mol. The van der Waals surface area contributed by atoms with Crippen LogP contribution in [0.4, 0.5) is 0 Å². The Morgan fingerprint density at radius 2 is 2.25 bits per heavy atom. The molecule has 3 heterocycles. The highest BCUT2D eigenvalue weighted by Gasteiger charge is 2.09. The molecule has 0 aliphatic rings. The van der Waals surface area contributed by atoms with Crippen LogP contribution >= 0.6 is 11.6 Å². The molecule has 0 aliphatic heterocycles. The van der Waals surface area contributed by atoms with Crippen molar-refractivity contribution in [1.29, 1.82) is 0 Å². The fourth-order valence-corrected chi connectivity index (χ4v) is 1.60. The van der Waals surface area contributed by atoms with Gasteiger partial charge in [-0.3, -0.25) is 4.40 Å². The van der Waals surface area contributed by atoms with E-state index in [1.54, 1.807) is 27.8 Å². The average Bonchev–Trinajstić information content (AvgIpc) is 2.90. The monoisotopic (exact) mass is 235 g/mol. The molecule has 80 valence electrons. The Morgan fingerprint density at radius 1 is 1.31 bits per heavy atom. The molecule has 3 rings (SSSR count). The second-order valence-corrected chi connectivity index (χ2v) is 3.48. The number of rotatable bonds is 2. The summed E-state index contributed by atoms with van der Waals surface area (Å²) in [7, 11) is 0. The van der Waals surface area contributed by atoms with Gasteiger partial charge in [0.1, 0.15) is 19.2 Å². The lowest BCUT2D eigenvalue weighted by Crippen LogP contribution is -2.04. The first-order chi connectivity index (χ1) is 7.84. The number of nitrogens with zero attached hydrogens (tertiary/aromatic N) is 7. The van der Waals surface area contributed by atoms with Crippen LogP contribution in [-0.2, 0) is 6.54 Å². The van der Waals surface area contributed by atoms with Gasteiger partial charge in [-0.15, -0.1) is 10.2 Å². The van der Waals surface area contributed by atoms with Crippen molar-refractivity contribution in [1.82, 2.24) is 34.3 Å². The zero-order valence-electron chi connectivity index (χ0n) is 8.02. The van der Waals surface area contributed by atoms with E-state index in [-0.39, 0.29) is 0 Å². The molecule has 0 saturated heterocycles. The molecule has 8 heteroatoms. The molecule has 0 fully saturated rings. The molecule has 0 aliphatic carbocycles. The van der Waals surface area contributed by atoms with E-state index in [4.69, 9.17) is 11.6 Å². The van der Waals surface area contributed by atoms with Gasteiger partial charge in [0.2, 0.25) is 0 Å². The minimum absolute atomic E-state index is 0.333. The van der Waals surface area contributed by atoms with E-state index >= 15 is 0 Å². The zero-order chi connectivity index (χ0) is 11.0.